The Kier molecular flexibility index (Phi) is 9.78. The van der Waals surface area contributed by atoms with Gasteiger partial charge in [0.15, 0.2) is 0 Å². The van der Waals surface area contributed by atoms with Gasteiger partial charge in [0.2, 0.25) is 17.4 Å². The number of nitrogens with zero attached hydrogens (tertiary/aromatic N) is 4. The fraction of sp³-hybridized carbons (Fsp3) is 0.733. The third-order valence-corrected chi connectivity index (χ3v) is 8.70. The van der Waals surface area contributed by atoms with Crippen molar-refractivity contribution in [3.05, 3.63) is 17.9 Å². The lowest BCUT2D eigenvalue weighted by Crippen LogP contribution is -2.39. The summed E-state index contributed by atoms with van der Waals surface area (Å²) in [5.41, 5.74) is 2.29. The van der Waals surface area contributed by atoms with Crippen molar-refractivity contribution < 1.29 is 14.3 Å². The lowest BCUT2D eigenvalue weighted by molar-refractivity contribution is -0.126. The molecule has 0 spiro atoms. The van der Waals surface area contributed by atoms with Gasteiger partial charge >= 0.3 is 6.03 Å². The van der Waals surface area contributed by atoms with Crippen LogP contribution in [0.15, 0.2) is 17.3 Å². The number of hydrogen-bond donors (Lipinski definition) is 3. The van der Waals surface area contributed by atoms with Gasteiger partial charge in [-0.15, -0.1) is 0 Å². The summed E-state index contributed by atoms with van der Waals surface area (Å²) in [7, 11) is 0. The predicted molar refractivity (Wildman–Crippen MR) is 155 cm³/mol. The van der Waals surface area contributed by atoms with E-state index >= 15 is 0 Å². The van der Waals surface area contributed by atoms with Crippen molar-refractivity contribution in [3.8, 4) is 5.88 Å². The standard InChI is InChI=1S/C30H47N7O3/c1-21(2)32-28(38)22-11-13-24(14-12-22)37-26-19-27(40-18-17-36-15-7-4-8-16-36)31-20-25(26)34-29(37)35-30(39)33-23-9-5-3-6-10-23/h19-24H,3-18H2,1-2H3,(H,32,38)(H2,33,34,35,39)/t22-,24+. The van der Waals surface area contributed by atoms with Crippen LogP contribution in [0.3, 0.4) is 0 Å². The van der Waals surface area contributed by atoms with Crippen molar-refractivity contribution in [2.24, 2.45) is 10.9 Å². The van der Waals surface area contributed by atoms with Crippen molar-refractivity contribution in [2.45, 2.75) is 109 Å². The number of piperidine rings is 1. The van der Waals surface area contributed by atoms with Crippen molar-refractivity contribution in [3.63, 3.8) is 0 Å². The molecular weight excluding hydrogens is 506 g/mol. The number of urea groups is 1. The summed E-state index contributed by atoms with van der Waals surface area (Å²) >= 11 is 0. The van der Waals surface area contributed by atoms with E-state index in [1.54, 1.807) is 6.20 Å². The Bertz CT molecular complexity index is 1200. The Hall–Kier alpha value is -2.88. The molecule has 2 aliphatic carbocycles. The molecular formula is C30H47N7O3. The molecule has 10 heteroatoms. The molecule has 2 saturated carbocycles. The third kappa shape index (κ3) is 7.44. The molecule has 3 heterocycles. The summed E-state index contributed by atoms with van der Waals surface area (Å²) in [6, 6.07) is 2.13. The molecule has 0 aromatic carbocycles. The van der Waals surface area contributed by atoms with Crippen molar-refractivity contribution in [1.29, 1.82) is 0 Å². The normalized spacial score (nSPS) is 23.4. The third-order valence-electron chi connectivity index (χ3n) is 8.70. The Morgan fingerprint density at radius 3 is 2.50 bits per heavy atom. The van der Waals surface area contributed by atoms with E-state index in [2.05, 4.69) is 35.1 Å². The lowest BCUT2D eigenvalue weighted by atomic mass is 9.85. The molecule has 2 aromatic heterocycles. The van der Waals surface area contributed by atoms with E-state index in [1.165, 1.54) is 25.7 Å². The zero-order valence-electron chi connectivity index (χ0n) is 24.3. The van der Waals surface area contributed by atoms with Gasteiger partial charge in [-0.2, -0.15) is 4.99 Å². The number of hydrogen-bond acceptors (Lipinski definition) is 5. The monoisotopic (exact) mass is 553 g/mol. The topological polar surface area (TPSA) is 117 Å². The maximum Gasteiger partial charge on any atom is 0.344 e. The number of likely N-dealkylation sites (tertiary alicyclic amines) is 1. The number of fused-ring (bicyclic) bond motifs is 1. The molecule has 0 bridgehead atoms. The average molecular weight is 554 g/mol. The van der Waals surface area contributed by atoms with Gasteiger partial charge in [-0.3, -0.25) is 9.69 Å². The van der Waals surface area contributed by atoms with Crippen molar-refractivity contribution >= 4 is 23.0 Å². The number of carbonyl (C=O) groups is 2. The minimum absolute atomic E-state index is 0.0230. The fourth-order valence-electron chi connectivity index (χ4n) is 6.56. The summed E-state index contributed by atoms with van der Waals surface area (Å²) < 4.78 is 8.24. The summed E-state index contributed by atoms with van der Waals surface area (Å²) in [6.45, 7) is 7.77. The number of imidazole rings is 1. The summed E-state index contributed by atoms with van der Waals surface area (Å²) in [6.07, 6.45) is 14.5. The molecule has 40 heavy (non-hydrogen) atoms. The van der Waals surface area contributed by atoms with Crippen LogP contribution in [-0.2, 0) is 4.79 Å². The molecule has 3 N–H and O–H groups in total. The number of nitrogens with one attached hydrogen (secondary N) is 3. The summed E-state index contributed by atoms with van der Waals surface area (Å²) in [5, 5.41) is 6.18. The van der Waals surface area contributed by atoms with E-state index in [9.17, 15) is 9.59 Å². The molecule has 0 unspecified atom stereocenters. The highest BCUT2D eigenvalue weighted by atomic mass is 16.5. The van der Waals surface area contributed by atoms with Gasteiger partial charge in [-0.25, -0.2) is 9.78 Å². The van der Waals surface area contributed by atoms with Gasteiger partial charge in [0.25, 0.3) is 0 Å². The molecule has 3 aliphatic rings. The van der Waals surface area contributed by atoms with Crippen LogP contribution in [-0.4, -0.2) is 69.7 Å². The number of amides is 3. The second kappa shape index (κ2) is 13.7. The fourth-order valence-corrected chi connectivity index (χ4v) is 6.56. The molecule has 0 radical (unpaired) electrons. The SMILES string of the molecule is CC(C)NC(=O)[C@H]1CC[C@@H](n2/c(=N/C(=O)NC3CCCCC3)[nH]c3cnc(OCCN4CCCCC4)cc32)CC1. The van der Waals surface area contributed by atoms with Crippen LogP contribution in [0.2, 0.25) is 0 Å². The largest absolute Gasteiger partial charge is 0.476 e. The van der Waals surface area contributed by atoms with E-state index in [1.807, 2.05) is 19.9 Å². The van der Waals surface area contributed by atoms with Crippen molar-refractivity contribution in [1.82, 2.24) is 30.1 Å². The molecule has 0 atom stereocenters. The average Bonchev–Trinajstić information content (AvgIpc) is 3.30. The molecule has 3 fully saturated rings. The molecule has 10 nitrogen and oxygen atoms in total. The first-order chi connectivity index (χ1) is 19.5. The van der Waals surface area contributed by atoms with E-state index in [-0.39, 0.29) is 36.0 Å². The predicted octanol–water partition coefficient (Wildman–Crippen LogP) is 4.43. The molecule has 3 amide bonds. The van der Waals surface area contributed by atoms with Crippen LogP contribution >= 0.6 is 0 Å². The minimum atomic E-state index is -0.303. The Labute approximate surface area is 237 Å². The number of aromatic amines is 1. The van der Waals surface area contributed by atoms with Gasteiger partial charge in [-0.1, -0.05) is 25.7 Å². The first kappa shape index (κ1) is 28.6. The van der Waals surface area contributed by atoms with E-state index in [4.69, 9.17) is 4.74 Å². The number of rotatable bonds is 8. The minimum Gasteiger partial charge on any atom is -0.476 e. The number of pyridine rings is 1. The zero-order valence-corrected chi connectivity index (χ0v) is 24.3. The van der Waals surface area contributed by atoms with Crippen LogP contribution in [0, 0.1) is 5.92 Å². The molecule has 220 valence electrons. The van der Waals surface area contributed by atoms with Crippen molar-refractivity contribution in [2.75, 3.05) is 26.2 Å². The summed E-state index contributed by atoms with van der Waals surface area (Å²) in [5.74, 6) is 0.748. The Morgan fingerprint density at radius 1 is 1.05 bits per heavy atom. The van der Waals surface area contributed by atoms with E-state index in [0.717, 1.165) is 82.0 Å². The molecule has 1 aliphatic heterocycles. The van der Waals surface area contributed by atoms with Crippen LogP contribution in [0.5, 0.6) is 5.88 Å². The van der Waals surface area contributed by atoms with Gasteiger partial charge in [0.05, 0.1) is 17.2 Å². The maximum absolute atomic E-state index is 13.0. The molecule has 2 aromatic rings. The first-order valence-electron chi connectivity index (χ1n) is 15.6. The summed E-state index contributed by atoms with van der Waals surface area (Å²) in [4.78, 5) is 40.5. The van der Waals surface area contributed by atoms with Crippen LogP contribution < -0.4 is 21.0 Å². The highest BCUT2D eigenvalue weighted by molar-refractivity contribution is 5.79. The zero-order chi connectivity index (χ0) is 27.9. The number of aromatic nitrogens is 3. The molecule has 1 saturated heterocycles. The van der Waals surface area contributed by atoms with Gasteiger partial charge in [0.1, 0.15) is 6.61 Å². The number of carbonyl (C=O) groups excluding carboxylic acids is 2. The van der Waals surface area contributed by atoms with Gasteiger partial charge < -0.3 is 24.9 Å². The van der Waals surface area contributed by atoms with Crippen LogP contribution in [0.25, 0.3) is 11.0 Å². The number of ether oxygens (including phenoxy) is 1. The quantitative estimate of drug-likeness (QED) is 0.447. The Balaban J connectivity index is 1.36. The maximum atomic E-state index is 13.0. The van der Waals surface area contributed by atoms with Gasteiger partial charge in [-0.05, 0) is 78.3 Å². The Morgan fingerprint density at radius 2 is 1.77 bits per heavy atom. The van der Waals surface area contributed by atoms with E-state index < -0.39 is 0 Å². The van der Waals surface area contributed by atoms with Crippen LogP contribution in [0.1, 0.15) is 96.9 Å². The second-order valence-corrected chi connectivity index (χ2v) is 12.2. The lowest BCUT2D eigenvalue weighted by Gasteiger charge is -2.29. The van der Waals surface area contributed by atoms with Crippen LogP contribution in [0.4, 0.5) is 4.79 Å². The highest BCUT2D eigenvalue weighted by Gasteiger charge is 2.29. The highest BCUT2D eigenvalue weighted by Crippen LogP contribution is 2.33. The van der Waals surface area contributed by atoms with E-state index in [0.29, 0.717) is 18.1 Å². The smallest absolute Gasteiger partial charge is 0.344 e. The number of H-pyrrole nitrogens is 1. The second-order valence-electron chi connectivity index (χ2n) is 12.2. The van der Waals surface area contributed by atoms with Gasteiger partial charge in [0, 0.05) is 36.7 Å². The molecule has 5 rings (SSSR count). The first-order valence-corrected chi connectivity index (χ1v) is 15.6.